The smallest absolute Gasteiger partial charge is 0.271 e. The normalized spacial score (nSPS) is 13.4. The van der Waals surface area contributed by atoms with Gasteiger partial charge in [0.15, 0.2) is 5.69 Å². The van der Waals surface area contributed by atoms with Crippen molar-refractivity contribution in [3.8, 4) is 0 Å². The number of carbonyl (C=O) groups excluding carboxylic acids is 1. The summed E-state index contributed by atoms with van der Waals surface area (Å²) in [6.45, 7) is 3.69. The molecule has 0 bridgehead atoms. The summed E-state index contributed by atoms with van der Waals surface area (Å²) in [5, 5.41) is 17.6. The number of hydrogen-bond donors (Lipinski definition) is 3. The number of hydrogen-bond acceptors (Lipinski definition) is 7. The van der Waals surface area contributed by atoms with Gasteiger partial charge in [-0.1, -0.05) is 11.6 Å². The monoisotopic (exact) mass is 391 g/mol. The molecule has 0 saturated heterocycles. The van der Waals surface area contributed by atoms with Crippen LogP contribution < -0.4 is 10.6 Å². The van der Waals surface area contributed by atoms with Crippen LogP contribution in [0.15, 0.2) is 29.9 Å². The lowest BCUT2D eigenvalue weighted by molar-refractivity contribution is 0.0921. The molecule has 136 valence electrons. The lowest BCUT2D eigenvalue weighted by atomic mass is 10.1. The summed E-state index contributed by atoms with van der Waals surface area (Å²) < 4.78 is 0.704. The SMILES string of the molecule is C[C@H](O)CNC(=O)c1nc(N[C@@H](C)c2cncc(Cl)c2)nc2ccsc12. The predicted octanol–water partition coefficient (Wildman–Crippen LogP) is 3.02. The van der Waals surface area contributed by atoms with Crippen molar-refractivity contribution >= 4 is 45.0 Å². The third-order valence-corrected chi connectivity index (χ3v) is 4.77. The van der Waals surface area contributed by atoms with Gasteiger partial charge in [-0.15, -0.1) is 11.3 Å². The van der Waals surface area contributed by atoms with Crippen molar-refractivity contribution in [2.24, 2.45) is 0 Å². The number of pyridine rings is 1. The number of halogens is 1. The molecule has 9 heteroatoms. The first-order chi connectivity index (χ1) is 12.4. The first-order valence-electron chi connectivity index (χ1n) is 8.02. The molecule has 0 aromatic carbocycles. The number of aliphatic hydroxyl groups is 1. The Balaban J connectivity index is 1.88. The summed E-state index contributed by atoms with van der Waals surface area (Å²) in [6, 6.07) is 3.50. The highest BCUT2D eigenvalue weighted by Crippen LogP contribution is 2.25. The Morgan fingerprint density at radius 3 is 2.88 bits per heavy atom. The minimum Gasteiger partial charge on any atom is -0.392 e. The molecule has 3 rings (SSSR count). The second-order valence-electron chi connectivity index (χ2n) is 5.89. The third kappa shape index (κ3) is 4.27. The van der Waals surface area contributed by atoms with Crippen molar-refractivity contribution < 1.29 is 9.90 Å². The van der Waals surface area contributed by atoms with Gasteiger partial charge in [0.1, 0.15) is 0 Å². The lowest BCUT2D eigenvalue weighted by Crippen LogP contribution is -2.31. The predicted molar refractivity (Wildman–Crippen MR) is 103 cm³/mol. The van der Waals surface area contributed by atoms with Gasteiger partial charge in [0, 0.05) is 18.9 Å². The average Bonchev–Trinajstić information content (AvgIpc) is 3.07. The van der Waals surface area contributed by atoms with E-state index in [4.69, 9.17) is 11.6 Å². The summed E-state index contributed by atoms with van der Waals surface area (Å²) in [7, 11) is 0. The zero-order chi connectivity index (χ0) is 18.7. The average molecular weight is 392 g/mol. The fourth-order valence-corrected chi connectivity index (χ4v) is 3.35. The van der Waals surface area contributed by atoms with E-state index in [2.05, 4.69) is 25.6 Å². The van der Waals surface area contributed by atoms with E-state index in [0.29, 0.717) is 21.2 Å². The van der Waals surface area contributed by atoms with E-state index >= 15 is 0 Å². The number of carbonyl (C=O) groups is 1. The molecule has 0 aliphatic carbocycles. The molecule has 0 saturated carbocycles. The number of rotatable bonds is 6. The maximum absolute atomic E-state index is 12.5. The Kier molecular flexibility index (Phi) is 5.65. The van der Waals surface area contributed by atoms with Crippen LogP contribution in [-0.4, -0.2) is 38.6 Å². The molecule has 0 aliphatic heterocycles. The van der Waals surface area contributed by atoms with Gasteiger partial charge in [-0.05, 0) is 36.9 Å². The van der Waals surface area contributed by atoms with Crippen LogP contribution in [-0.2, 0) is 0 Å². The summed E-state index contributed by atoms with van der Waals surface area (Å²) in [6.07, 6.45) is 2.65. The Morgan fingerprint density at radius 2 is 2.15 bits per heavy atom. The fraction of sp³-hybridized carbons (Fsp3) is 0.294. The highest BCUT2D eigenvalue weighted by Gasteiger charge is 2.18. The Labute approximate surface area is 159 Å². The lowest BCUT2D eigenvalue weighted by Gasteiger charge is -2.15. The third-order valence-electron chi connectivity index (χ3n) is 3.65. The Bertz CT molecular complexity index is 930. The number of anilines is 1. The van der Waals surface area contributed by atoms with Crippen molar-refractivity contribution in [2.75, 3.05) is 11.9 Å². The molecule has 1 amide bonds. The first kappa shape index (κ1) is 18.5. The van der Waals surface area contributed by atoms with Gasteiger partial charge in [0.05, 0.1) is 27.4 Å². The molecule has 0 aliphatic rings. The van der Waals surface area contributed by atoms with Crippen LogP contribution in [0.25, 0.3) is 10.2 Å². The highest BCUT2D eigenvalue weighted by atomic mass is 35.5. The Morgan fingerprint density at radius 1 is 1.35 bits per heavy atom. The zero-order valence-corrected chi connectivity index (χ0v) is 15.8. The minimum absolute atomic E-state index is 0.148. The first-order valence-corrected chi connectivity index (χ1v) is 9.28. The van der Waals surface area contributed by atoms with Crippen LogP contribution >= 0.6 is 22.9 Å². The topological polar surface area (TPSA) is 100 Å². The Hall–Kier alpha value is -2.29. The molecule has 7 nitrogen and oxygen atoms in total. The molecule has 0 unspecified atom stereocenters. The van der Waals surface area contributed by atoms with E-state index in [1.54, 1.807) is 19.3 Å². The van der Waals surface area contributed by atoms with Gasteiger partial charge >= 0.3 is 0 Å². The molecule has 0 radical (unpaired) electrons. The largest absolute Gasteiger partial charge is 0.392 e. The molecule has 0 fully saturated rings. The van der Waals surface area contributed by atoms with Crippen LogP contribution in [0.3, 0.4) is 0 Å². The number of fused-ring (bicyclic) bond motifs is 1. The van der Waals surface area contributed by atoms with Crippen molar-refractivity contribution in [1.82, 2.24) is 20.3 Å². The molecule has 2 atom stereocenters. The van der Waals surface area contributed by atoms with Crippen molar-refractivity contribution in [1.29, 1.82) is 0 Å². The van der Waals surface area contributed by atoms with Gasteiger partial charge in [-0.25, -0.2) is 9.97 Å². The van der Waals surface area contributed by atoms with E-state index in [0.717, 1.165) is 5.56 Å². The van der Waals surface area contributed by atoms with Crippen molar-refractivity contribution in [3.05, 3.63) is 46.2 Å². The molecule has 0 spiro atoms. The number of amides is 1. The number of nitrogens with zero attached hydrogens (tertiary/aromatic N) is 3. The van der Waals surface area contributed by atoms with Gasteiger partial charge in [-0.3, -0.25) is 9.78 Å². The molecule has 3 aromatic rings. The molecule has 3 aromatic heterocycles. The van der Waals surface area contributed by atoms with E-state index in [1.165, 1.54) is 11.3 Å². The summed E-state index contributed by atoms with van der Waals surface area (Å²) in [4.78, 5) is 25.4. The van der Waals surface area contributed by atoms with Gasteiger partial charge in [-0.2, -0.15) is 0 Å². The van der Waals surface area contributed by atoms with E-state index < -0.39 is 6.10 Å². The summed E-state index contributed by atoms with van der Waals surface area (Å²) in [5.74, 6) is -0.00792. The van der Waals surface area contributed by atoms with Crippen LogP contribution in [0, 0.1) is 0 Å². The van der Waals surface area contributed by atoms with Gasteiger partial charge < -0.3 is 15.7 Å². The van der Waals surface area contributed by atoms with Crippen LogP contribution in [0.1, 0.15) is 35.9 Å². The maximum atomic E-state index is 12.5. The fourth-order valence-electron chi connectivity index (χ4n) is 2.35. The number of nitrogens with one attached hydrogen (secondary N) is 2. The zero-order valence-electron chi connectivity index (χ0n) is 14.2. The number of aromatic nitrogens is 3. The van der Waals surface area contributed by atoms with Crippen LogP contribution in [0.2, 0.25) is 5.02 Å². The summed E-state index contributed by atoms with van der Waals surface area (Å²) in [5.41, 5.74) is 1.85. The van der Waals surface area contributed by atoms with Crippen LogP contribution in [0.5, 0.6) is 0 Å². The van der Waals surface area contributed by atoms with E-state index in [-0.39, 0.29) is 24.2 Å². The summed E-state index contributed by atoms with van der Waals surface area (Å²) >= 11 is 7.39. The van der Waals surface area contributed by atoms with Gasteiger partial charge in [0.25, 0.3) is 5.91 Å². The molecule has 3 heterocycles. The second kappa shape index (κ2) is 7.94. The minimum atomic E-state index is -0.632. The quantitative estimate of drug-likeness (QED) is 0.597. The van der Waals surface area contributed by atoms with Crippen molar-refractivity contribution in [2.45, 2.75) is 26.0 Å². The maximum Gasteiger partial charge on any atom is 0.271 e. The van der Waals surface area contributed by atoms with E-state index in [1.807, 2.05) is 24.4 Å². The molecular formula is C17H18ClN5O2S. The highest BCUT2D eigenvalue weighted by molar-refractivity contribution is 7.17. The second-order valence-corrected chi connectivity index (χ2v) is 7.24. The number of thiophene rings is 1. The standard InChI is InChI=1S/C17H18ClN5O2S/c1-9(24)6-20-16(25)14-15-13(3-4-26-15)22-17(23-14)21-10(2)11-5-12(18)8-19-7-11/h3-5,7-10,24H,6H2,1-2H3,(H,20,25)(H,21,22,23)/t9-,10-/m0/s1. The number of aliphatic hydroxyl groups excluding tert-OH is 1. The molecular weight excluding hydrogens is 374 g/mol. The van der Waals surface area contributed by atoms with E-state index in [9.17, 15) is 9.90 Å². The van der Waals surface area contributed by atoms with Crippen molar-refractivity contribution in [3.63, 3.8) is 0 Å². The van der Waals surface area contributed by atoms with Crippen LogP contribution in [0.4, 0.5) is 5.95 Å². The van der Waals surface area contributed by atoms with Gasteiger partial charge in [0.2, 0.25) is 5.95 Å². The molecule has 26 heavy (non-hydrogen) atoms. The molecule has 3 N–H and O–H groups in total.